The van der Waals surface area contributed by atoms with E-state index in [9.17, 15) is 4.79 Å². The van der Waals surface area contributed by atoms with Crippen LogP contribution in [0, 0.1) is 0 Å². The molecule has 0 aliphatic heterocycles. The standard InChI is InChI=1S/C13H19NO2/c15-11-7-2-1-6-10-14-13(16)12-8-4-3-5-9-12/h3-5,8-9,15H,1-2,6-7,10-11H2,(H,14,16). The second-order valence-corrected chi connectivity index (χ2v) is 3.76. The van der Waals surface area contributed by atoms with Crippen molar-refractivity contribution in [3.05, 3.63) is 35.9 Å². The topological polar surface area (TPSA) is 49.3 Å². The fourth-order valence-corrected chi connectivity index (χ4v) is 1.48. The van der Waals surface area contributed by atoms with Crippen LogP contribution < -0.4 is 5.32 Å². The summed E-state index contributed by atoms with van der Waals surface area (Å²) in [5.74, 6) is -0.0113. The molecule has 1 aromatic carbocycles. The molecule has 0 unspecified atom stereocenters. The first-order valence-corrected chi connectivity index (χ1v) is 5.78. The zero-order valence-electron chi connectivity index (χ0n) is 9.48. The van der Waals surface area contributed by atoms with Crippen LogP contribution in [-0.4, -0.2) is 24.2 Å². The Balaban J connectivity index is 2.12. The van der Waals surface area contributed by atoms with Gasteiger partial charge in [0.2, 0.25) is 0 Å². The van der Waals surface area contributed by atoms with Gasteiger partial charge in [-0.15, -0.1) is 0 Å². The molecule has 0 aromatic heterocycles. The molecule has 0 spiro atoms. The van der Waals surface area contributed by atoms with Gasteiger partial charge in [0, 0.05) is 18.7 Å². The van der Waals surface area contributed by atoms with Crippen LogP contribution in [0.2, 0.25) is 0 Å². The second-order valence-electron chi connectivity index (χ2n) is 3.76. The molecule has 0 saturated heterocycles. The minimum atomic E-state index is -0.0113. The number of hydrogen-bond donors (Lipinski definition) is 2. The highest BCUT2D eigenvalue weighted by Crippen LogP contribution is 2.00. The van der Waals surface area contributed by atoms with Crippen molar-refractivity contribution in [1.29, 1.82) is 0 Å². The molecule has 0 atom stereocenters. The first kappa shape index (κ1) is 12.7. The van der Waals surface area contributed by atoms with Gasteiger partial charge in [0.05, 0.1) is 0 Å². The van der Waals surface area contributed by atoms with Crippen molar-refractivity contribution < 1.29 is 9.90 Å². The lowest BCUT2D eigenvalue weighted by molar-refractivity contribution is 0.0953. The first-order chi connectivity index (χ1) is 7.84. The van der Waals surface area contributed by atoms with Crippen LogP contribution in [0.5, 0.6) is 0 Å². The van der Waals surface area contributed by atoms with E-state index in [0.717, 1.165) is 25.7 Å². The Hall–Kier alpha value is -1.35. The van der Waals surface area contributed by atoms with E-state index in [1.807, 2.05) is 18.2 Å². The maximum atomic E-state index is 11.6. The fourth-order valence-electron chi connectivity index (χ4n) is 1.48. The molecular formula is C13H19NO2. The van der Waals surface area contributed by atoms with Gasteiger partial charge in [-0.05, 0) is 25.0 Å². The monoisotopic (exact) mass is 221 g/mol. The van der Waals surface area contributed by atoms with Crippen molar-refractivity contribution >= 4 is 5.91 Å². The summed E-state index contributed by atoms with van der Waals surface area (Å²) in [6.45, 7) is 0.968. The van der Waals surface area contributed by atoms with E-state index < -0.39 is 0 Å². The van der Waals surface area contributed by atoms with Crippen LogP contribution >= 0.6 is 0 Å². The summed E-state index contributed by atoms with van der Waals surface area (Å²) >= 11 is 0. The third-order valence-electron chi connectivity index (χ3n) is 2.41. The third kappa shape index (κ3) is 4.94. The predicted octanol–water partition coefficient (Wildman–Crippen LogP) is 1.97. The Kier molecular flexibility index (Phi) is 6.26. The number of carbonyl (C=O) groups is 1. The molecule has 3 nitrogen and oxygen atoms in total. The molecule has 1 aromatic rings. The van der Waals surface area contributed by atoms with E-state index in [1.54, 1.807) is 12.1 Å². The van der Waals surface area contributed by atoms with Gasteiger partial charge in [0.15, 0.2) is 0 Å². The van der Waals surface area contributed by atoms with Crippen molar-refractivity contribution in [2.75, 3.05) is 13.2 Å². The van der Waals surface area contributed by atoms with Gasteiger partial charge >= 0.3 is 0 Å². The number of amides is 1. The average Bonchev–Trinajstić information content (AvgIpc) is 2.34. The molecule has 0 bridgehead atoms. The predicted molar refractivity (Wildman–Crippen MR) is 64.3 cm³/mol. The van der Waals surface area contributed by atoms with Gasteiger partial charge < -0.3 is 10.4 Å². The van der Waals surface area contributed by atoms with Crippen molar-refractivity contribution in [1.82, 2.24) is 5.32 Å². The van der Waals surface area contributed by atoms with Crippen molar-refractivity contribution in [3.63, 3.8) is 0 Å². The van der Waals surface area contributed by atoms with E-state index in [2.05, 4.69) is 5.32 Å². The number of aliphatic hydroxyl groups is 1. The minimum Gasteiger partial charge on any atom is -0.396 e. The first-order valence-electron chi connectivity index (χ1n) is 5.78. The van der Waals surface area contributed by atoms with Gasteiger partial charge in [-0.1, -0.05) is 31.0 Å². The highest BCUT2D eigenvalue weighted by Gasteiger charge is 2.02. The highest BCUT2D eigenvalue weighted by molar-refractivity contribution is 5.94. The highest BCUT2D eigenvalue weighted by atomic mass is 16.2. The van der Waals surface area contributed by atoms with Gasteiger partial charge in [-0.3, -0.25) is 4.79 Å². The second kappa shape index (κ2) is 7.88. The summed E-state index contributed by atoms with van der Waals surface area (Å²) in [5, 5.41) is 11.5. The van der Waals surface area contributed by atoms with E-state index >= 15 is 0 Å². The summed E-state index contributed by atoms with van der Waals surface area (Å²) in [5.41, 5.74) is 0.706. The minimum absolute atomic E-state index is 0.0113. The van der Waals surface area contributed by atoms with E-state index in [0.29, 0.717) is 12.1 Å². The zero-order valence-corrected chi connectivity index (χ0v) is 9.48. The van der Waals surface area contributed by atoms with E-state index in [4.69, 9.17) is 5.11 Å². The number of carbonyl (C=O) groups excluding carboxylic acids is 1. The van der Waals surface area contributed by atoms with Gasteiger partial charge in [-0.2, -0.15) is 0 Å². The van der Waals surface area contributed by atoms with Crippen LogP contribution in [-0.2, 0) is 0 Å². The van der Waals surface area contributed by atoms with Gasteiger partial charge in [-0.25, -0.2) is 0 Å². The van der Waals surface area contributed by atoms with Crippen LogP contribution in [0.1, 0.15) is 36.0 Å². The molecule has 0 heterocycles. The van der Waals surface area contributed by atoms with Crippen LogP contribution in [0.4, 0.5) is 0 Å². The van der Waals surface area contributed by atoms with E-state index in [-0.39, 0.29) is 12.5 Å². The summed E-state index contributed by atoms with van der Waals surface area (Å²) < 4.78 is 0. The van der Waals surface area contributed by atoms with Crippen molar-refractivity contribution in [2.45, 2.75) is 25.7 Å². The zero-order chi connectivity index (χ0) is 11.6. The van der Waals surface area contributed by atoms with Crippen LogP contribution in [0.25, 0.3) is 0 Å². The number of rotatable bonds is 7. The molecule has 2 N–H and O–H groups in total. The molecule has 16 heavy (non-hydrogen) atoms. The smallest absolute Gasteiger partial charge is 0.251 e. The van der Waals surface area contributed by atoms with Crippen molar-refractivity contribution in [3.8, 4) is 0 Å². The quantitative estimate of drug-likeness (QED) is 0.692. The molecule has 3 heteroatoms. The Morgan fingerprint density at radius 2 is 1.75 bits per heavy atom. The molecule has 0 saturated carbocycles. The normalized spacial score (nSPS) is 10.1. The molecule has 1 rings (SSSR count). The SMILES string of the molecule is O=C(NCCCCCCO)c1ccccc1. The molecule has 0 aliphatic rings. The Labute approximate surface area is 96.5 Å². The maximum absolute atomic E-state index is 11.6. The Bertz CT molecular complexity index is 298. The molecule has 88 valence electrons. The number of unbranched alkanes of at least 4 members (excludes halogenated alkanes) is 3. The number of aliphatic hydroxyl groups excluding tert-OH is 1. The Morgan fingerprint density at radius 3 is 2.44 bits per heavy atom. The number of benzene rings is 1. The van der Waals surface area contributed by atoms with Crippen LogP contribution in [0.3, 0.4) is 0 Å². The largest absolute Gasteiger partial charge is 0.396 e. The third-order valence-corrected chi connectivity index (χ3v) is 2.41. The Morgan fingerprint density at radius 1 is 1.06 bits per heavy atom. The fraction of sp³-hybridized carbons (Fsp3) is 0.462. The summed E-state index contributed by atoms with van der Waals surface area (Å²) in [6.07, 6.45) is 3.90. The summed E-state index contributed by atoms with van der Waals surface area (Å²) in [4.78, 5) is 11.6. The van der Waals surface area contributed by atoms with Crippen LogP contribution in [0.15, 0.2) is 30.3 Å². The maximum Gasteiger partial charge on any atom is 0.251 e. The molecule has 0 radical (unpaired) electrons. The molecule has 1 amide bonds. The lowest BCUT2D eigenvalue weighted by atomic mass is 10.2. The summed E-state index contributed by atoms with van der Waals surface area (Å²) in [7, 11) is 0. The van der Waals surface area contributed by atoms with Crippen molar-refractivity contribution in [2.24, 2.45) is 0 Å². The van der Waals surface area contributed by atoms with Gasteiger partial charge in [0.25, 0.3) is 5.91 Å². The molecular weight excluding hydrogens is 202 g/mol. The molecule has 0 aliphatic carbocycles. The van der Waals surface area contributed by atoms with E-state index in [1.165, 1.54) is 0 Å². The average molecular weight is 221 g/mol. The lowest BCUT2D eigenvalue weighted by Gasteiger charge is -2.04. The number of nitrogens with one attached hydrogen (secondary N) is 1. The lowest BCUT2D eigenvalue weighted by Crippen LogP contribution is -2.24. The summed E-state index contributed by atoms with van der Waals surface area (Å²) in [6, 6.07) is 9.22. The number of hydrogen-bond acceptors (Lipinski definition) is 2. The van der Waals surface area contributed by atoms with Gasteiger partial charge in [0.1, 0.15) is 0 Å². The molecule has 0 fully saturated rings.